The molecule has 0 aliphatic rings. The summed E-state index contributed by atoms with van der Waals surface area (Å²) in [5, 5.41) is 6.31. The second-order valence-electron chi connectivity index (χ2n) is 7.07. The first-order valence-corrected chi connectivity index (χ1v) is 10.1. The number of hydrogen-bond acceptors (Lipinski definition) is 6. The summed E-state index contributed by atoms with van der Waals surface area (Å²) in [6, 6.07) is 20.2. The smallest absolute Gasteiger partial charge is 0.329 e. The Morgan fingerprint density at radius 2 is 1.67 bits per heavy atom. The molecular formula is C25H25N3O5. The summed E-state index contributed by atoms with van der Waals surface area (Å²) in [6.45, 7) is 2.51. The molecule has 0 aromatic heterocycles. The second-order valence-corrected chi connectivity index (χ2v) is 7.07. The maximum atomic E-state index is 12.2. The van der Waals surface area contributed by atoms with Crippen molar-refractivity contribution in [3.05, 3.63) is 83.4 Å². The fourth-order valence-electron chi connectivity index (χ4n) is 2.93. The van der Waals surface area contributed by atoms with Gasteiger partial charge in [0, 0.05) is 6.07 Å². The maximum absolute atomic E-state index is 12.2. The molecule has 0 aliphatic heterocycles. The fourth-order valence-corrected chi connectivity index (χ4v) is 2.93. The quantitative estimate of drug-likeness (QED) is 0.312. The van der Waals surface area contributed by atoms with Gasteiger partial charge in [-0.05, 0) is 54.4 Å². The minimum Gasteiger partial charge on any atom is -0.497 e. The first-order chi connectivity index (χ1) is 16.0. The maximum Gasteiger partial charge on any atom is 0.329 e. The van der Waals surface area contributed by atoms with Crippen molar-refractivity contribution in [3.63, 3.8) is 0 Å². The molecule has 0 saturated heterocycles. The molecule has 3 aromatic carbocycles. The average molecular weight is 447 g/mol. The lowest BCUT2D eigenvalue weighted by molar-refractivity contribution is -0.136. The van der Waals surface area contributed by atoms with Crippen molar-refractivity contribution in [1.82, 2.24) is 5.43 Å². The summed E-state index contributed by atoms with van der Waals surface area (Å²) in [6.07, 6.45) is 1.43. The van der Waals surface area contributed by atoms with Gasteiger partial charge in [-0.1, -0.05) is 29.8 Å². The Bertz CT molecular complexity index is 1140. The van der Waals surface area contributed by atoms with Gasteiger partial charge >= 0.3 is 11.8 Å². The van der Waals surface area contributed by atoms with E-state index in [4.69, 9.17) is 14.2 Å². The molecule has 170 valence electrons. The van der Waals surface area contributed by atoms with Gasteiger partial charge in [0.05, 0.1) is 26.1 Å². The summed E-state index contributed by atoms with van der Waals surface area (Å²) in [4.78, 5) is 24.2. The third-order valence-corrected chi connectivity index (χ3v) is 4.61. The zero-order chi connectivity index (χ0) is 23.6. The zero-order valence-corrected chi connectivity index (χ0v) is 18.6. The third kappa shape index (κ3) is 6.83. The molecule has 0 aliphatic carbocycles. The number of anilines is 1. The van der Waals surface area contributed by atoms with Gasteiger partial charge in [0.25, 0.3) is 0 Å². The highest BCUT2D eigenvalue weighted by atomic mass is 16.5. The molecule has 8 nitrogen and oxygen atoms in total. The van der Waals surface area contributed by atoms with E-state index >= 15 is 0 Å². The Morgan fingerprint density at radius 3 is 2.36 bits per heavy atom. The number of rotatable bonds is 8. The number of methoxy groups -OCH3 is 2. The molecule has 3 rings (SSSR count). The van der Waals surface area contributed by atoms with Crippen LogP contribution in [-0.4, -0.2) is 32.2 Å². The van der Waals surface area contributed by atoms with E-state index < -0.39 is 11.8 Å². The highest BCUT2D eigenvalue weighted by Crippen LogP contribution is 2.28. The predicted molar refractivity (Wildman–Crippen MR) is 126 cm³/mol. The minimum atomic E-state index is -0.922. The Labute approximate surface area is 192 Å². The van der Waals surface area contributed by atoms with Crippen molar-refractivity contribution in [1.29, 1.82) is 0 Å². The summed E-state index contributed by atoms with van der Waals surface area (Å²) in [5.74, 6) is -0.196. The predicted octanol–water partition coefficient (Wildman–Crippen LogP) is 3.68. The molecule has 0 saturated carbocycles. The Balaban J connectivity index is 1.51. The lowest BCUT2D eigenvalue weighted by Gasteiger charge is -2.11. The summed E-state index contributed by atoms with van der Waals surface area (Å²) in [5.41, 5.74) is 5.51. The molecule has 0 heterocycles. The number of carbonyl (C=O) groups is 2. The van der Waals surface area contributed by atoms with E-state index in [0.29, 0.717) is 29.5 Å². The summed E-state index contributed by atoms with van der Waals surface area (Å²) >= 11 is 0. The standard InChI is InChI=1S/C25H25N3O5/c1-17-5-4-6-19(13-17)16-33-20-9-7-18(8-10-20)15-26-28-25(30)24(29)27-22-14-21(31-2)11-12-23(22)32-3/h4-15H,16H2,1-3H3,(H,27,29)(H,28,30). The van der Waals surface area contributed by atoms with Crippen molar-refractivity contribution in [2.75, 3.05) is 19.5 Å². The third-order valence-electron chi connectivity index (χ3n) is 4.61. The lowest BCUT2D eigenvalue weighted by atomic mass is 10.1. The highest BCUT2D eigenvalue weighted by Gasteiger charge is 2.16. The largest absolute Gasteiger partial charge is 0.497 e. The van der Waals surface area contributed by atoms with E-state index in [0.717, 1.165) is 11.1 Å². The Morgan fingerprint density at radius 1 is 0.909 bits per heavy atom. The van der Waals surface area contributed by atoms with Crippen molar-refractivity contribution in [2.45, 2.75) is 13.5 Å². The van der Waals surface area contributed by atoms with Gasteiger partial charge in [0.2, 0.25) is 0 Å². The van der Waals surface area contributed by atoms with E-state index in [9.17, 15) is 9.59 Å². The van der Waals surface area contributed by atoms with Crippen LogP contribution < -0.4 is 25.0 Å². The van der Waals surface area contributed by atoms with Crippen LogP contribution in [-0.2, 0) is 16.2 Å². The van der Waals surface area contributed by atoms with Crippen LogP contribution in [0.2, 0.25) is 0 Å². The van der Waals surface area contributed by atoms with Crippen LogP contribution in [0, 0.1) is 6.92 Å². The van der Waals surface area contributed by atoms with E-state index in [1.54, 1.807) is 42.5 Å². The molecule has 2 amide bonds. The molecule has 3 aromatic rings. The fraction of sp³-hybridized carbons (Fsp3) is 0.160. The summed E-state index contributed by atoms with van der Waals surface area (Å²) < 4.78 is 16.1. The monoisotopic (exact) mass is 447 g/mol. The number of nitrogens with zero attached hydrogens (tertiary/aromatic N) is 1. The molecule has 0 bridgehead atoms. The number of carbonyl (C=O) groups excluding carboxylic acids is 2. The SMILES string of the molecule is COc1ccc(OC)c(NC(=O)C(=O)NN=Cc2ccc(OCc3cccc(C)c3)cc2)c1. The Hall–Kier alpha value is -4.33. The first kappa shape index (κ1) is 23.3. The number of hydrazone groups is 1. The number of benzene rings is 3. The molecule has 0 unspecified atom stereocenters. The van der Waals surface area contributed by atoms with E-state index in [1.165, 1.54) is 26.0 Å². The summed E-state index contributed by atoms with van der Waals surface area (Å²) in [7, 11) is 2.96. The van der Waals surface area contributed by atoms with Crippen LogP contribution in [0.4, 0.5) is 5.69 Å². The number of ether oxygens (including phenoxy) is 3. The van der Waals surface area contributed by atoms with Gasteiger partial charge < -0.3 is 19.5 Å². The Kier molecular flexibility index (Phi) is 8.02. The number of nitrogens with one attached hydrogen (secondary N) is 2. The van der Waals surface area contributed by atoms with Gasteiger partial charge in [0.1, 0.15) is 23.9 Å². The number of amides is 2. The van der Waals surface area contributed by atoms with E-state index in [-0.39, 0.29) is 0 Å². The van der Waals surface area contributed by atoms with Crippen molar-refractivity contribution >= 4 is 23.7 Å². The van der Waals surface area contributed by atoms with Crippen LogP contribution >= 0.6 is 0 Å². The molecular weight excluding hydrogens is 422 g/mol. The van der Waals surface area contributed by atoms with Gasteiger partial charge in [0.15, 0.2) is 0 Å². The second kappa shape index (κ2) is 11.3. The van der Waals surface area contributed by atoms with Gasteiger partial charge in [-0.2, -0.15) is 5.10 Å². The van der Waals surface area contributed by atoms with Crippen LogP contribution in [0.15, 0.2) is 71.8 Å². The number of hydrogen-bond donors (Lipinski definition) is 2. The van der Waals surface area contributed by atoms with Crippen LogP contribution in [0.5, 0.6) is 17.2 Å². The zero-order valence-electron chi connectivity index (χ0n) is 18.6. The van der Waals surface area contributed by atoms with E-state index in [2.05, 4.69) is 21.9 Å². The lowest BCUT2D eigenvalue weighted by Crippen LogP contribution is -2.32. The molecule has 0 atom stereocenters. The average Bonchev–Trinajstić information content (AvgIpc) is 2.83. The van der Waals surface area contributed by atoms with Crippen LogP contribution in [0.3, 0.4) is 0 Å². The van der Waals surface area contributed by atoms with Gasteiger partial charge in [-0.25, -0.2) is 5.43 Å². The normalized spacial score (nSPS) is 10.5. The molecule has 33 heavy (non-hydrogen) atoms. The molecule has 8 heteroatoms. The van der Waals surface area contributed by atoms with Crippen molar-refractivity contribution < 1.29 is 23.8 Å². The first-order valence-electron chi connectivity index (χ1n) is 10.1. The van der Waals surface area contributed by atoms with Gasteiger partial charge in [-0.15, -0.1) is 0 Å². The highest BCUT2D eigenvalue weighted by molar-refractivity contribution is 6.39. The minimum absolute atomic E-state index is 0.308. The van der Waals surface area contributed by atoms with Crippen LogP contribution in [0.25, 0.3) is 0 Å². The molecule has 0 radical (unpaired) electrons. The topological polar surface area (TPSA) is 98.2 Å². The molecule has 2 N–H and O–H groups in total. The van der Waals surface area contributed by atoms with Crippen molar-refractivity contribution in [2.24, 2.45) is 5.10 Å². The van der Waals surface area contributed by atoms with Gasteiger partial charge in [-0.3, -0.25) is 9.59 Å². The van der Waals surface area contributed by atoms with Crippen molar-refractivity contribution in [3.8, 4) is 17.2 Å². The van der Waals surface area contributed by atoms with E-state index in [1.807, 2.05) is 25.1 Å². The van der Waals surface area contributed by atoms with Crippen LogP contribution in [0.1, 0.15) is 16.7 Å². The number of aryl methyl sites for hydroxylation is 1. The molecule has 0 spiro atoms. The molecule has 0 fully saturated rings.